The number of ether oxygens (including phenoxy) is 1. The first-order chi connectivity index (χ1) is 10.0. The summed E-state index contributed by atoms with van der Waals surface area (Å²) in [6, 6.07) is 6.59. The van der Waals surface area contributed by atoms with E-state index in [1.165, 1.54) is 17.4 Å². The molecule has 0 saturated heterocycles. The number of aryl methyl sites for hydroxylation is 1. The highest BCUT2D eigenvalue weighted by molar-refractivity contribution is 7.16. The average molecular weight is 307 g/mol. The van der Waals surface area contributed by atoms with Crippen molar-refractivity contribution >= 4 is 22.3 Å². The van der Waals surface area contributed by atoms with Gasteiger partial charge in [-0.15, -0.1) is 11.3 Å². The van der Waals surface area contributed by atoms with Crippen LogP contribution < -0.4 is 5.32 Å². The van der Waals surface area contributed by atoms with Crippen LogP contribution in [0, 0.1) is 19.7 Å². The molecule has 1 N–H and O–H groups in total. The van der Waals surface area contributed by atoms with E-state index in [1.54, 1.807) is 25.1 Å². The van der Waals surface area contributed by atoms with Crippen LogP contribution in [0.5, 0.6) is 0 Å². The summed E-state index contributed by atoms with van der Waals surface area (Å²) >= 11 is 1.49. The Kier molecular flexibility index (Phi) is 4.96. The summed E-state index contributed by atoms with van der Waals surface area (Å²) in [7, 11) is 0. The van der Waals surface area contributed by atoms with Crippen molar-refractivity contribution in [2.75, 3.05) is 11.9 Å². The maximum atomic E-state index is 13.6. The fraction of sp³-hybridized carbons (Fsp3) is 0.312. The van der Waals surface area contributed by atoms with Gasteiger partial charge in [-0.1, -0.05) is 18.2 Å². The second-order valence-corrected chi connectivity index (χ2v) is 5.88. The molecule has 1 aromatic carbocycles. The molecule has 0 aliphatic carbocycles. The minimum atomic E-state index is -0.338. The van der Waals surface area contributed by atoms with Crippen molar-refractivity contribution in [3.8, 4) is 0 Å². The summed E-state index contributed by atoms with van der Waals surface area (Å²) in [4.78, 5) is 13.1. The van der Waals surface area contributed by atoms with Gasteiger partial charge < -0.3 is 10.1 Å². The fourth-order valence-electron chi connectivity index (χ4n) is 2.02. The Hall–Kier alpha value is -1.88. The molecule has 0 amide bonds. The van der Waals surface area contributed by atoms with E-state index >= 15 is 0 Å². The van der Waals surface area contributed by atoms with Crippen molar-refractivity contribution in [2.45, 2.75) is 27.3 Å². The molecule has 21 heavy (non-hydrogen) atoms. The molecule has 2 aromatic rings. The lowest BCUT2D eigenvalue weighted by Gasteiger charge is -2.08. The van der Waals surface area contributed by atoms with E-state index in [0.717, 1.165) is 15.4 Å². The number of rotatable bonds is 5. The summed E-state index contributed by atoms with van der Waals surface area (Å²) in [5.41, 5.74) is 2.03. The zero-order valence-electron chi connectivity index (χ0n) is 12.3. The van der Waals surface area contributed by atoms with Crippen molar-refractivity contribution in [2.24, 2.45) is 0 Å². The predicted molar refractivity (Wildman–Crippen MR) is 83.5 cm³/mol. The third-order valence-corrected chi connectivity index (χ3v) is 4.43. The van der Waals surface area contributed by atoms with Crippen LogP contribution in [-0.2, 0) is 11.3 Å². The Balaban J connectivity index is 2.22. The largest absolute Gasteiger partial charge is 0.462 e. The molecule has 0 bridgehead atoms. The van der Waals surface area contributed by atoms with Gasteiger partial charge in [0.1, 0.15) is 10.8 Å². The molecule has 0 radical (unpaired) electrons. The van der Waals surface area contributed by atoms with Crippen LogP contribution in [-0.4, -0.2) is 12.6 Å². The van der Waals surface area contributed by atoms with Crippen LogP contribution in [0.3, 0.4) is 0 Å². The molecule has 2 rings (SSSR count). The van der Waals surface area contributed by atoms with Crippen LogP contribution >= 0.6 is 11.3 Å². The van der Waals surface area contributed by atoms with Crippen molar-refractivity contribution in [3.05, 3.63) is 51.7 Å². The van der Waals surface area contributed by atoms with Gasteiger partial charge in [0, 0.05) is 17.0 Å². The number of halogens is 1. The summed E-state index contributed by atoms with van der Waals surface area (Å²) in [6.07, 6.45) is 0. The van der Waals surface area contributed by atoms with E-state index in [2.05, 4.69) is 5.32 Å². The molecule has 0 spiro atoms. The van der Waals surface area contributed by atoms with Gasteiger partial charge in [-0.2, -0.15) is 0 Å². The highest BCUT2D eigenvalue weighted by atomic mass is 32.1. The second-order valence-electron chi connectivity index (χ2n) is 4.65. The van der Waals surface area contributed by atoms with E-state index < -0.39 is 0 Å². The maximum Gasteiger partial charge on any atom is 0.341 e. The molecule has 0 unspecified atom stereocenters. The number of esters is 1. The van der Waals surface area contributed by atoms with Crippen LogP contribution in [0.4, 0.5) is 9.39 Å². The number of hydrogen-bond donors (Lipinski definition) is 1. The zero-order chi connectivity index (χ0) is 15.4. The number of carbonyl (C=O) groups excluding carboxylic acids is 1. The van der Waals surface area contributed by atoms with E-state index in [1.807, 2.05) is 13.8 Å². The Morgan fingerprint density at radius 1 is 1.33 bits per heavy atom. The maximum absolute atomic E-state index is 13.6. The lowest BCUT2D eigenvalue weighted by atomic mass is 10.1. The van der Waals surface area contributed by atoms with Crippen molar-refractivity contribution in [3.63, 3.8) is 0 Å². The third-order valence-electron chi connectivity index (χ3n) is 3.26. The normalized spacial score (nSPS) is 10.5. The Morgan fingerprint density at radius 2 is 2.05 bits per heavy atom. The molecular weight excluding hydrogens is 289 g/mol. The number of carbonyl (C=O) groups is 1. The predicted octanol–water partition coefficient (Wildman–Crippen LogP) is 4.29. The van der Waals surface area contributed by atoms with E-state index in [9.17, 15) is 9.18 Å². The van der Waals surface area contributed by atoms with Crippen LogP contribution in [0.15, 0.2) is 24.3 Å². The van der Waals surface area contributed by atoms with Gasteiger partial charge >= 0.3 is 5.97 Å². The van der Waals surface area contributed by atoms with Crippen molar-refractivity contribution < 1.29 is 13.9 Å². The summed E-state index contributed by atoms with van der Waals surface area (Å²) in [5.74, 6) is -0.594. The topological polar surface area (TPSA) is 38.3 Å². The van der Waals surface area contributed by atoms with Gasteiger partial charge in [-0.05, 0) is 32.4 Å². The highest BCUT2D eigenvalue weighted by Gasteiger charge is 2.20. The fourth-order valence-corrected chi connectivity index (χ4v) is 3.06. The first kappa shape index (κ1) is 15.5. The van der Waals surface area contributed by atoms with E-state index in [4.69, 9.17) is 4.74 Å². The number of benzene rings is 1. The molecule has 0 saturated carbocycles. The van der Waals surface area contributed by atoms with Crippen LogP contribution in [0.1, 0.15) is 33.3 Å². The molecular formula is C16H18FNO2S. The smallest absolute Gasteiger partial charge is 0.341 e. The molecule has 3 nitrogen and oxygen atoms in total. The Labute approximate surface area is 127 Å². The number of hydrogen-bond acceptors (Lipinski definition) is 4. The summed E-state index contributed by atoms with van der Waals surface area (Å²) in [5, 5.41) is 3.88. The molecule has 1 heterocycles. The average Bonchev–Trinajstić information content (AvgIpc) is 2.73. The molecule has 112 valence electrons. The molecule has 0 aliphatic rings. The molecule has 5 heteroatoms. The number of nitrogens with one attached hydrogen (secondary N) is 1. The van der Waals surface area contributed by atoms with Gasteiger partial charge in [-0.3, -0.25) is 0 Å². The second kappa shape index (κ2) is 6.72. The van der Waals surface area contributed by atoms with E-state index in [0.29, 0.717) is 24.3 Å². The summed E-state index contributed by atoms with van der Waals surface area (Å²) < 4.78 is 18.7. The summed E-state index contributed by atoms with van der Waals surface area (Å²) in [6.45, 7) is 6.29. The highest BCUT2D eigenvalue weighted by Crippen LogP contribution is 2.33. The van der Waals surface area contributed by atoms with Gasteiger partial charge in [0.2, 0.25) is 0 Å². The zero-order valence-corrected chi connectivity index (χ0v) is 13.1. The lowest BCUT2D eigenvalue weighted by Crippen LogP contribution is -2.09. The SMILES string of the molecule is CCOC(=O)c1c(NCc2ccccc2F)sc(C)c1C. The van der Waals surface area contributed by atoms with Gasteiger partial charge in [0.25, 0.3) is 0 Å². The van der Waals surface area contributed by atoms with Crippen molar-refractivity contribution in [1.29, 1.82) is 0 Å². The quantitative estimate of drug-likeness (QED) is 0.837. The van der Waals surface area contributed by atoms with Gasteiger partial charge in [-0.25, -0.2) is 9.18 Å². The molecule has 0 fully saturated rings. The van der Waals surface area contributed by atoms with Crippen LogP contribution in [0.25, 0.3) is 0 Å². The third kappa shape index (κ3) is 3.42. The van der Waals surface area contributed by atoms with Crippen molar-refractivity contribution in [1.82, 2.24) is 0 Å². The van der Waals surface area contributed by atoms with E-state index in [-0.39, 0.29) is 11.8 Å². The number of anilines is 1. The van der Waals surface area contributed by atoms with Crippen LogP contribution in [0.2, 0.25) is 0 Å². The Morgan fingerprint density at radius 3 is 2.71 bits per heavy atom. The monoisotopic (exact) mass is 307 g/mol. The Bertz CT molecular complexity index is 652. The standard InChI is InChI=1S/C16H18FNO2S/c1-4-20-16(19)14-10(2)11(3)21-15(14)18-9-12-7-5-6-8-13(12)17/h5-8,18H,4,9H2,1-3H3. The lowest BCUT2D eigenvalue weighted by molar-refractivity contribution is 0.0527. The number of thiophene rings is 1. The van der Waals surface area contributed by atoms with Gasteiger partial charge in [0.15, 0.2) is 0 Å². The molecule has 0 aliphatic heterocycles. The molecule has 1 aromatic heterocycles. The molecule has 0 atom stereocenters. The first-order valence-corrected chi connectivity index (χ1v) is 7.60. The minimum Gasteiger partial charge on any atom is -0.462 e. The van der Waals surface area contributed by atoms with Gasteiger partial charge in [0.05, 0.1) is 12.2 Å². The minimum absolute atomic E-state index is 0.257. The first-order valence-electron chi connectivity index (χ1n) is 6.79.